The molecule has 0 aliphatic carbocycles. The lowest BCUT2D eigenvalue weighted by atomic mass is 10.3. The van der Waals surface area contributed by atoms with Gasteiger partial charge in [-0.15, -0.1) is 23.7 Å². The van der Waals surface area contributed by atoms with Crippen molar-refractivity contribution >= 4 is 23.7 Å². The van der Waals surface area contributed by atoms with Crippen molar-refractivity contribution in [3.05, 3.63) is 28.3 Å². The van der Waals surface area contributed by atoms with E-state index in [1.54, 1.807) is 17.6 Å². The number of nitrogens with one attached hydrogen (secondary N) is 1. The van der Waals surface area contributed by atoms with Crippen LogP contribution in [0.1, 0.15) is 9.88 Å². The Morgan fingerprint density at radius 1 is 1.50 bits per heavy atom. The van der Waals surface area contributed by atoms with E-state index in [0.29, 0.717) is 0 Å². The van der Waals surface area contributed by atoms with E-state index in [2.05, 4.69) is 17.2 Å². The van der Waals surface area contributed by atoms with E-state index in [4.69, 9.17) is 4.42 Å². The molecule has 88 valence electrons. The van der Waals surface area contributed by atoms with Gasteiger partial charge in [-0.1, -0.05) is 0 Å². The molecule has 2 aromatic rings. The zero-order valence-electron chi connectivity index (χ0n) is 9.32. The molecule has 0 radical (unpaired) electrons. The molecule has 2 rings (SSSR count). The van der Waals surface area contributed by atoms with E-state index >= 15 is 0 Å². The number of thiazole rings is 1. The highest BCUT2D eigenvalue weighted by molar-refractivity contribution is 7.12. The fourth-order valence-electron chi connectivity index (χ4n) is 1.43. The maximum atomic E-state index is 5.35. The van der Waals surface area contributed by atoms with Gasteiger partial charge in [0.1, 0.15) is 5.69 Å². The molecule has 0 aromatic carbocycles. The highest BCUT2D eigenvalue weighted by Crippen LogP contribution is 2.27. The normalized spacial score (nSPS) is 10.1. The number of aromatic nitrogens is 1. The molecule has 3 nitrogen and oxygen atoms in total. The molecule has 0 aliphatic heterocycles. The summed E-state index contributed by atoms with van der Waals surface area (Å²) in [5, 5.41) is 4.28. The molecule has 2 aromatic heterocycles. The Labute approximate surface area is 105 Å². The monoisotopic (exact) mass is 258 g/mol. The lowest BCUT2D eigenvalue weighted by Gasteiger charge is -1.93. The van der Waals surface area contributed by atoms with Crippen LogP contribution >= 0.6 is 23.7 Å². The highest BCUT2D eigenvalue weighted by atomic mass is 35.5. The van der Waals surface area contributed by atoms with E-state index in [0.717, 1.165) is 29.4 Å². The van der Waals surface area contributed by atoms with Crippen LogP contribution < -0.4 is 5.32 Å². The zero-order valence-corrected chi connectivity index (χ0v) is 11.0. The lowest BCUT2D eigenvalue weighted by Crippen LogP contribution is -2.09. The fourth-order valence-corrected chi connectivity index (χ4v) is 2.37. The molecule has 0 saturated heterocycles. The predicted molar refractivity (Wildman–Crippen MR) is 69.4 cm³/mol. The summed E-state index contributed by atoms with van der Waals surface area (Å²) in [5.74, 6) is 0.861. The van der Waals surface area contributed by atoms with Crippen LogP contribution in [-0.2, 0) is 6.42 Å². The third-order valence-electron chi connectivity index (χ3n) is 2.18. The van der Waals surface area contributed by atoms with Crippen molar-refractivity contribution in [1.29, 1.82) is 0 Å². The number of nitrogens with zero attached hydrogens (tertiary/aromatic N) is 1. The van der Waals surface area contributed by atoms with Crippen molar-refractivity contribution in [3.63, 3.8) is 0 Å². The quantitative estimate of drug-likeness (QED) is 0.917. The molecular formula is C11H15ClN2OS. The summed E-state index contributed by atoms with van der Waals surface area (Å²) >= 11 is 1.74. The van der Waals surface area contributed by atoms with Crippen molar-refractivity contribution in [1.82, 2.24) is 10.3 Å². The van der Waals surface area contributed by atoms with Crippen LogP contribution in [0.5, 0.6) is 0 Å². The first-order valence-electron chi connectivity index (χ1n) is 4.96. The minimum atomic E-state index is 0. The average molecular weight is 259 g/mol. The van der Waals surface area contributed by atoms with Crippen molar-refractivity contribution in [2.24, 2.45) is 0 Å². The van der Waals surface area contributed by atoms with Crippen LogP contribution in [0.2, 0.25) is 0 Å². The van der Waals surface area contributed by atoms with E-state index in [1.807, 2.05) is 19.2 Å². The molecule has 0 unspecified atom stereocenters. The van der Waals surface area contributed by atoms with Crippen LogP contribution in [0.3, 0.4) is 0 Å². The Hall–Kier alpha value is -0.840. The molecule has 0 bridgehead atoms. The van der Waals surface area contributed by atoms with Gasteiger partial charge in [0.15, 0.2) is 5.76 Å². The van der Waals surface area contributed by atoms with Gasteiger partial charge in [-0.2, -0.15) is 0 Å². The van der Waals surface area contributed by atoms with Crippen LogP contribution in [0.15, 0.2) is 22.8 Å². The third-order valence-corrected chi connectivity index (χ3v) is 3.21. The molecule has 0 amide bonds. The molecule has 16 heavy (non-hydrogen) atoms. The first-order valence-corrected chi connectivity index (χ1v) is 5.77. The van der Waals surface area contributed by atoms with E-state index < -0.39 is 0 Å². The average Bonchev–Trinajstić information content (AvgIpc) is 2.83. The number of furan rings is 1. The SMILES string of the molecule is CNCCc1nc(-c2ccco2)c(C)s1.Cl. The second kappa shape index (κ2) is 6.03. The second-order valence-electron chi connectivity index (χ2n) is 3.34. The van der Waals surface area contributed by atoms with Crippen molar-refractivity contribution in [2.75, 3.05) is 13.6 Å². The van der Waals surface area contributed by atoms with Gasteiger partial charge in [0.25, 0.3) is 0 Å². The summed E-state index contributed by atoms with van der Waals surface area (Å²) in [5.41, 5.74) is 0.983. The summed E-state index contributed by atoms with van der Waals surface area (Å²) in [4.78, 5) is 5.79. The first kappa shape index (κ1) is 13.2. The summed E-state index contributed by atoms with van der Waals surface area (Å²) in [6, 6.07) is 3.84. The lowest BCUT2D eigenvalue weighted by molar-refractivity contribution is 0.580. The number of likely N-dealkylation sites (N-methyl/N-ethyl adjacent to an activating group) is 1. The fraction of sp³-hybridized carbons (Fsp3) is 0.364. The standard InChI is InChI=1S/C11H14N2OS.ClH/c1-8-11(9-4-3-7-14-9)13-10(15-8)5-6-12-2;/h3-4,7,12H,5-6H2,1-2H3;1H. The van der Waals surface area contributed by atoms with Gasteiger partial charge in [-0.25, -0.2) is 4.98 Å². The Kier molecular flexibility index (Phi) is 4.99. The summed E-state index contributed by atoms with van der Waals surface area (Å²) < 4.78 is 5.35. The number of rotatable bonds is 4. The Morgan fingerprint density at radius 2 is 2.31 bits per heavy atom. The van der Waals surface area contributed by atoms with Gasteiger partial charge in [0, 0.05) is 17.8 Å². The van der Waals surface area contributed by atoms with Crippen molar-refractivity contribution < 1.29 is 4.42 Å². The largest absolute Gasteiger partial charge is 0.463 e. The van der Waals surface area contributed by atoms with E-state index in [-0.39, 0.29) is 12.4 Å². The molecular weight excluding hydrogens is 244 g/mol. The van der Waals surface area contributed by atoms with E-state index in [9.17, 15) is 0 Å². The minimum absolute atomic E-state index is 0. The molecule has 5 heteroatoms. The van der Waals surface area contributed by atoms with Gasteiger partial charge < -0.3 is 9.73 Å². The highest BCUT2D eigenvalue weighted by Gasteiger charge is 2.11. The van der Waals surface area contributed by atoms with Gasteiger partial charge >= 0.3 is 0 Å². The Morgan fingerprint density at radius 3 is 2.94 bits per heavy atom. The maximum absolute atomic E-state index is 5.35. The van der Waals surface area contributed by atoms with Crippen LogP contribution in [0, 0.1) is 6.92 Å². The number of hydrogen-bond acceptors (Lipinski definition) is 4. The Balaban J connectivity index is 0.00000128. The summed E-state index contributed by atoms with van der Waals surface area (Å²) in [6.45, 7) is 3.04. The number of aryl methyl sites for hydroxylation is 1. The summed E-state index contributed by atoms with van der Waals surface area (Å²) in [7, 11) is 1.95. The first-order chi connectivity index (χ1) is 7.31. The smallest absolute Gasteiger partial charge is 0.153 e. The second-order valence-corrected chi connectivity index (χ2v) is 4.63. The summed E-state index contributed by atoms with van der Waals surface area (Å²) in [6.07, 6.45) is 2.66. The number of hydrogen-bond donors (Lipinski definition) is 1. The van der Waals surface area contributed by atoms with Gasteiger partial charge in [-0.3, -0.25) is 0 Å². The van der Waals surface area contributed by atoms with Crippen LogP contribution in [-0.4, -0.2) is 18.6 Å². The molecule has 0 fully saturated rings. The van der Waals surface area contributed by atoms with Crippen LogP contribution in [0.4, 0.5) is 0 Å². The maximum Gasteiger partial charge on any atom is 0.153 e. The van der Waals surface area contributed by atoms with Crippen molar-refractivity contribution in [2.45, 2.75) is 13.3 Å². The molecule has 1 N–H and O–H groups in total. The molecule has 0 spiro atoms. The Bertz CT molecular complexity index is 425. The van der Waals surface area contributed by atoms with Gasteiger partial charge in [-0.05, 0) is 26.1 Å². The van der Waals surface area contributed by atoms with Crippen molar-refractivity contribution in [3.8, 4) is 11.5 Å². The van der Waals surface area contributed by atoms with Gasteiger partial charge in [0.2, 0.25) is 0 Å². The van der Waals surface area contributed by atoms with E-state index in [1.165, 1.54) is 4.88 Å². The van der Waals surface area contributed by atoms with Gasteiger partial charge in [0.05, 0.1) is 11.3 Å². The molecule has 0 saturated carbocycles. The van der Waals surface area contributed by atoms with Crippen LogP contribution in [0.25, 0.3) is 11.5 Å². The zero-order chi connectivity index (χ0) is 10.7. The molecule has 2 heterocycles. The molecule has 0 atom stereocenters. The third kappa shape index (κ3) is 2.84. The topological polar surface area (TPSA) is 38.1 Å². The predicted octanol–water partition coefficient (Wildman–Crippen LogP) is 2.90. The minimum Gasteiger partial charge on any atom is -0.463 e. The number of halogens is 1. The molecule has 0 aliphatic rings.